The highest BCUT2D eigenvalue weighted by atomic mass is 79.9. The Hall–Kier alpha value is -1.52. The molecular formula is C23H32BrNO2. The SMILES string of the molecule is CCCCCCCNCc1cc(OC)c(OCc2ccccc2C)cc1Br. The maximum absolute atomic E-state index is 6.04. The summed E-state index contributed by atoms with van der Waals surface area (Å²) in [5, 5.41) is 3.53. The number of nitrogens with one attached hydrogen (secondary N) is 1. The first-order valence-corrected chi connectivity index (χ1v) is 10.7. The lowest BCUT2D eigenvalue weighted by Crippen LogP contribution is -2.15. The van der Waals surface area contributed by atoms with Gasteiger partial charge in [0.05, 0.1) is 7.11 Å². The Morgan fingerprint density at radius 2 is 1.74 bits per heavy atom. The van der Waals surface area contributed by atoms with Crippen LogP contribution in [-0.4, -0.2) is 13.7 Å². The Balaban J connectivity index is 1.91. The molecule has 0 amide bonds. The molecule has 0 bridgehead atoms. The maximum Gasteiger partial charge on any atom is 0.162 e. The number of methoxy groups -OCH3 is 1. The Kier molecular flexibility index (Phi) is 9.71. The molecule has 0 atom stereocenters. The lowest BCUT2D eigenvalue weighted by atomic mass is 10.1. The lowest BCUT2D eigenvalue weighted by molar-refractivity contribution is 0.283. The molecule has 1 N–H and O–H groups in total. The van der Waals surface area contributed by atoms with Gasteiger partial charge in [0.15, 0.2) is 11.5 Å². The van der Waals surface area contributed by atoms with E-state index in [1.807, 2.05) is 18.2 Å². The van der Waals surface area contributed by atoms with Crippen molar-refractivity contribution in [2.75, 3.05) is 13.7 Å². The molecule has 0 aliphatic carbocycles. The highest BCUT2D eigenvalue weighted by Gasteiger charge is 2.11. The zero-order valence-electron chi connectivity index (χ0n) is 16.8. The van der Waals surface area contributed by atoms with Gasteiger partial charge in [0, 0.05) is 11.0 Å². The van der Waals surface area contributed by atoms with Crippen molar-refractivity contribution >= 4 is 15.9 Å². The van der Waals surface area contributed by atoms with Gasteiger partial charge in [0.1, 0.15) is 6.61 Å². The number of ether oxygens (including phenoxy) is 2. The Morgan fingerprint density at radius 3 is 2.48 bits per heavy atom. The van der Waals surface area contributed by atoms with Gasteiger partial charge in [-0.3, -0.25) is 0 Å². The summed E-state index contributed by atoms with van der Waals surface area (Å²) in [5.41, 5.74) is 3.60. The van der Waals surface area contributed by atoms with Gasteiger partial charge in [0.2, 0.25) is 0 Å². The van der Waals surface area contributed by atoms with E-state index < -0.39 is 0 Å². The van der Waals surface area contributed by atoms with Crippen molar-refractivity contribution < 1.29 is 9.47 Å². The largest absolute Gasteiger partial charge is 0.493 e. The second-order valence-corrected chi connectivity index (χ2v) is 7.75. The number of hydrogen-bond donors (Lipinski definition) is 1. The number of hydrogen-bond acceptors (Lipinski definition) is 3. The molecular weight excluding hydrogens is 402 g/mol. The highest BCUT2D eigenvalue weighted by molar-refractivity contribution is 9.10. The first-order valence-electron chi connectivity index (χ1n) is 9.90. The third kappa shape index (κ3) is 7.19. The van der Waals surface area contributed by atoms with Crippen LogP contribution >= 0.6 is 15.9 Å². The van der Waals surface area contributed by atoms with E-state index in [0.29, 0.717) is 6.61 Å². The van der Waals surface area contributed by atoms with Crippen LogP contribution in [0.2, 0.25) is 0 Å². The molecule has 0 aromatic heterocycles. The molecule has 2 aromatic rings. The van der Waals surface area contributed by atoms with Crippen molar-refractivity contribution in [3.8, 4) is 11.5 Å². The number of rotatable bonds is 12. The first-order chi connectivity index (χ1) is 13.2. The molecule has 0 unspecified atom stereocenters. The normalized spacial score (nSPS) is 10.8. The van der Waals surface area contributed by atoms with E-state index in [1.165, 1.54) is 48.8 Å². The number of benzene rings is 2. The zero-order chi connectivity index (χ0) is 19.5. The molecule has 4 heteroatoms. The van der Waals surface area contributed by atoms with Crippen molar-refractivity contribution in [1.82, 2.24) is 5.32 Å². The Labute approximate surface area is 172 Å². The molecule has 2 aromatic carbocycles. The summed E-state index contributed by atoms with van der Waals surface area (Å²) in [6, 6.07) is 12.3. The van der Waals surface area contributed by atoms with E-state index in [9.17, 15) is 0 Å². The van der Waals surface area contributed by atoms with Crippen LogP contribution in [0, 0.1) is 6.92 Å². The van der Waals surface area contributed by atoms with E-state index in [2.05, 4.69) is 53.3 Å². The van der Waals surface area contributed by atoms with Crippen LogP contribution in [0.5, 0.6) is 11.5 Å². The first kappa shape index (κ1) is 21.8. The molecule has 0 saturated carbocycles. The topological polar surface area (TPSA) is 30.5 Å². The van der Waals surface area contributed by atoms with Crippen molar-refractivity contribution in [3.63, 3.8) is 0 Å². The third-order valence-electron chi connectivity index (χ3n) is 4.75. The maximum atomic E-state index is 6.04. The van der Waals surface area contributed by atoms with E-state index in [0.717, 1.165) is 29.1 Å². The average molecular weight is 434 g/mol. The molecule has 27 heavy (non-hydrogen) atoms. The number of halogens is 1. The predicted octanol–water partition coefficient (Wildman–Crippen LogP) is 6.41. The fourth-order valence-corrected chi connectivity index (χ4v) is 3.45. The molecule has 148 valence electrons. The van der Waals surface area contributed by atoms with Gasteiger partial charge >= 0.3 is 0 Å². The molecule has 0 heterocycles. The summed E-state index contributed by atoms with van der Waals surface area (Å²) in [5.74, 6) is 1.53. The highest BCUT2D eigenvalue weighted by Crippen LogP contribution is 2.34. The predicted molar refractivity (Wildman–Crippen MR) is 117 cm³/mol. The number of aryl methyl sites for hydroxylation is 1. The molecule has 2 rings (SSSR count). The van der Waals surface area contributed by atoms with Crippen LogP contribution in [0.3, 0.4) is 0 Å². The molecule has 0 saturated heterocycles. The van der Waals surface area contributed by atoms with E-state index in [-0.39, 0.29) is 0 Å². The van der Waals surface area contributed by atoms with Crippen LogP contribution in [0.4, 0.5) is 0 Å². The third-order valence-corrected chi connectivity index (χ3v) is 5.49. The van der Waals surface area contributed by atoms with Gasteiger partial charge in [-0.15, -0.1) is 0 Å². The Bertz CT molecular complexity index is 703. The van der Waals surface area contributed by atoms with Crippen LogP contribution in [0.25, 0.3) is 0 Å². The van der Waals surface area contributed by atoms with Crippen molar-refractivity contribution in [1.29, 1.82) is 0 Å². The second-order valence-electron chi connectivity index (χ2n) is 6.90. The van der Waals surface area contributed by atoms with Crippen molar-refractivity contribution in [3.05, 3.63) is 57.6 Å². The van der Waals surface area contributed by atoms with E-state index >= 15 is 0 Å². The van der Waals surface area contributed by atoms with E-state index in [4.69, 9.17) is 9.47 Å². The van der Waals surface area contributed by atoms with Gasteiger partial charge in [-0.2, -0.15) is 0 Å². The van der Waals surface area contributed by atoms with Gasteiger partial charge in [-0.05, 0) is 48.7 Å². The molecule has 0 fully saturated rings. The lowest BCUT2D eigenvalue weighted by Gasteiger charge is -2.15. The average Bonchev–Trinajstić information content (AvgIpc) is 2.67. The summed E-state index contributed by atoms with van der Waals surface area (Å²) in [6.07, 6.45) is 6.50. The Morgan fingerprint density at radius 1 is 0.963 bits per heavy atom. The van der Waals surface area contributed by atoms with Crippen molar-refractivity contribution in [2.45, 2.75) is 59.1 Å². The van der Waals surface area contributed by atoms with Gasteiger partial charge in [-0.25, -0.2) is 0 Å². The fourth-order valence-electron chi connectivity index (χ4n) is 2.99. The molecule has 0 aliphatic heterocycles. The molecule has 0 spiro atoms. The van der Waals surface area contributed by atoms with Gasteiger partial charge < -0.3 is 14.8 Å². The van der Waals surface area contributed by atoms with Crippen LogP contribution < -0.4 is 14.8 Å². The quantitative estimate of drug-likeness (QED) is 0.392. The summed E-state index contributed by atoms with van der Waals surface area (Å²) < 4.78 is 12.6. The fraction of sp³-hybridized carbons (Fsp3) is 0.478. The smallest absolute Gasteiger partial charge is 0.162 e. The summed E-state index contributed by atoms with van der Waals surface area (Å²) >= 11 is 3.68. The van der Waals surface area contributed by atoms with Crippen LogP contribution in [0.15, 0.2) is 40.9 Å². The van der Waals surface area contributed by atoms with Gasteiger partial charge in [0.25, 0.3) is 0 Å². The van der Waals surface area contributed by atoms with Crippen LogP contribution in [0.1, 0.15) is 55.7 Å². The number of unbranched alkanes of at least 4 members (excludes halogenated alkanes) is 4. The molecule has 0 aliphatic rings. The summed E-state index contributed by atoms with van der Waals surface area (Å²) in [4.78, 5) is 0. The zero-order valence-corrected chi connectivity index (χ0v) is 18.4. The second kappa shape index (κ2) is 12.0. The monoisotopic (exact) mass is 433 g/mol. The van der Waals surface area contributed by atoms with Crippen molar-refractivity contribution in [2.24, 2.45) is 0 Å². The van der Waals surface area contributed by atoms with E-state index in [1.54, 1.807) is 7.11 Å². The van der Waals surface area contributed by atoms with Crippen LogP contribution in [-0.2, 0) is 13.2 Å². The van der Waals surface area contributed by atoms with Gasteiger partial charge in [-0.1, -0.05) is 72.8 Å². The standard InChI is InChI=1S/C23H32BrNO2/c1-4-5-6-7-10-13-25-16-20-14-22(26-3)23(15-21(20)24)27-17-19-12-9-8-11-18(19)2/h8-9,11-12,14-15,25H,4-7,10,13,16-17H2,1-3H3. The minimum absolute atomic E-state index is 0.533. The minimum atomic E-state index is 0.533. The summed E-state index contributed by atoms with van der Waals surface area (Å²) in [6.45, 7) is 6.75. The summed E-state index contributed by atoms with van der Waals surface area (Å²) in [7, 11) is 1.69. The molecule has 3 nitrogen and oxygen atoms in total. The minimum Gasteiger partial charge on any atom is -0.493 e. The molecule has 0 radical (unpaired) electrons.